The maximum absolute atomic E-state index is 5.79. The van der Waals surface area contributed by atoms with Gasteiger partial charge in [0.15, 0.2) is 0 Å². The van der Waals surface area contributed by atoms with Crippen LogP contribution in [-0.4, -0.2) is 27.5 Å². The van der Waals surface area contributed by atoms with Crippen molar-refractivity contribution < 1.29 is 4.74 Å². The van der Waals surface area contributed by atoms with Gasteiger partial charge in [-0.25, -0.2) is 0 Å². The Kier molecular flexibility index (Phi) is 5.82. The smallest absolute Gasteiger partial charge is 0.143 e. The van der Waals surface area contributed by atoms with Crippen molar-refractivity contribution in [1.82, 2.24) is 14.8 Å². The van der Waals surface area contributed by atoms with Crippen LogP contribution in [0, 0.1) is 5.92 Å². The fourth-order valence-electron chi connectivity index (χ4n) is 2.56. The summed E-state index contributed by atoms with van der Waals surface area (Å²) in [7, 11) is 0. The lowest BCUT2D eigenvalue weighted by Gasteiger charge is -2.22. The van der Waals surface area contributed by atoms with Gasteiger partial charge < -0.3 is 9.30 Å². The number of hydrogen-bond donors (Lipinski definition) is 0. The van der Waals surface area contributed by atoms with Crippen LogP contribution in [0.2, 0.25) is 0 Å². The molecule has 0 amide bonds. The standard InChI is InChI=1S/C14H24BrN3O/c1-11(2)10-18-13(16-17-14(18)9-15)7-6-12-5-3-4-8-19-12/h11-12H,3-10H2,1-2H3. The minimum absolute atomic E-state index is 0.422. The molecule has 19 heavy (non-hydrogen) atoms. The number of aromatic nitrogens is 3. The zero-order chi connectivity index (χ0) is 13.7. The van der Waals surface area contributed by atoms with Gasteiger partial charge in [0.1, 0.15) is 11.6 Å². The van der Waals surface area contributed by atoms with Crippen molar-refractivity contribution in [3.63, 3.8) is 0 Å². The molecule has 1 aliphatic heterocycles. The molecule has 0 N–H and O–H groups in total. The molecule has 2 heterocycles. The Bertz CT molecular complexity index is 386. The zero-order valence-electron chi connectivity index (χ0n) is 11.9. The van der Waals surface area contributed by atoms with E-state index in [2.05, 4.69) is 44.5 Å². The van der Waals surface area contributed by atoms with Crippen molar-refractivity contribution in [1.29, 1.82) is 0 Å². The van der Waals surface area contributed by atoms with E-state index in [1.807, 2.05) is 0 Å². The van der Waals surface area contributed by atoms with Gasteiger partial charge in [-0.15, -0.1) is 10.2 Å². The summed E-state index contributed by atoms with van der Waals surface area (Å²) in [5, 5.41) is 9.40. The molecule has 0 aromatic carbocycles. The van der Waals surface area contributed by atoms with Crippen molar-refractivity contribution in [3.05, 3.63) is 11.6 Å². The molecule has 1 aromatic rings. The average Bonchev–Trinajstić information content (AvgIpc) is 2.79. The second kappa shape index (κ2) is 7.39. The highest BCUT2D eigenvalue weighted by molar-refractivity contribution is 9.08. The molecule has 0 spiro atoms. The Morgan fingerprint density at radius 3 is 2.74 bits per heavy atom. The summed E-state index contributed by atoms with van der Waals surface area (Å²) in [4.78, 5) is 0. The molecular formula is C14H24BrN3O. The first kappa shape index (κ1) is 15.0. The Morgan fingerprint density at radius 2 is 2.11 bits per heavy atom. The minimum atomic E-state index is 0.422. The van der Waals surface area contributed by atoms with E-state index in [9.17, 15) is 0 Å². The van der Waals surface area contributed by atoms with Crippen molar-refractivity contribution >= 4 is 15.9 Å². The molecule has 0 aliphatic carbocycles. The summed E-state index contributed by atoms with van der Waals surface area (Å²) in [5.41, 5.74) is 0. The van der Waals surface area contributed by atoms with Gasteiger partial charge in [-0.05, 0) is 31.6 Å². The third-order valence-corrected chi connectivity index (χ3v) is 4.04. The van der Waals surface area contributed by atoms with Crippen molar-refractivity contribution in [2.45, 2.75) is 63.9 Å². The molecule has 1 aliphatic rings. The predicted molar refractivity (Wildman–Crippen MR) is 79.4 cm³/mol. The number of nitrogens with zero attached hydrogens (tertiary/aromatic N) is 3. The van der Waals surface area contributed by atoms with Crippen LogP contribution in [0.5, 0.6) is 0 Å². The average molecular weight is 330 g/mol. The first-order valence-electron chi connectivity index (χ1n) is 7.29. The number of aryl methyl sites for hydroxylation is 1. The molecule has 4 nitrogen and oxygen atoms in total. The number of halogens is 1. The van der Waals surface area contributed by atoms with Gasteiger partial charge >= 0.3 is 0 Å². The molecule has 1 aromatic heterocycles. The van der Waals surface area contributed by atoms with Gasteiger partial charge in [0, 0.05) is 19.6 Å². The van der Waals surface area contributed by atoms with E-state index in [1.165, 1.54) is 19.3 Å². The lowest BCUT2D eigenvalue weighted by Crippen LogP contribution is -2.20. The number of hydrogen-bond acceptors (Lipinski definition) is 3. The summed E-state index contributed by atoms with van der Waals surface area (Å²) in [6.45, 7) is 6.38. The summed E-state index contributed by atoms with van der Waals surface area (Å²) in [6.07, 6.45) is 6.17. The fourth-order valence-corrected chi connectivity index (χ4v) is 2.97. The summed E-state index contributed by atoms with van der Waals surface area (Å²) in [5.74, 6) is 2.75. The van der Waals surface area contributed by atoms with Gasteiger partial charge in [-0.2, -0.15) is 0 Å². The van der Waals surface area contributed by atoms with E-state index in [-0.39, 0.29) is 0 Å². The molecule has 1 atom stereocenters. The normalized spacial score (nSPS) is 20.1. The van der Waals surface area contributed by atoms with Gasteiger partial charge in [-0.1, -0.05) is 29.8 Å². The van der Waals surface area contributed by atoms with Crippen LogP contribution in [0.15, 0.2) is 0 Å². The molecule has 5 heteroatoms. The molecule has 1 unspecified atom stereocenters. The Labute approximate surface area is 124 Å². The highest BCUT2D eigenvalue weighted by Crippen LogP contribution is 2.18. The van der Waals surface area contributed by atoms with Crippen LogP contribution in [0.25, 0.3) is 0 Å². The predicted octanol–water partition coefficient (Wildman–Crippen LogP) is 3.33. The minimum Gasteiger partial charge on any atom is -0.378 e. The van der Waals surface area contributed by atoms with Gasteiger partial charge in [0.05, 0.1) is 11.4 Å². The summed E-state index contributed by atoms with van der Waals surface area (Å²) >= 11 is 3.49. The lowest BCUT2D eigenvalue weighted by atomic mass is 10.0. The third-order valence-electron chi connectivity index (χ3n) is 3.54. The topological polar surface area (TPSA) is 39.9 Å². The van der Waals surface area contributed by atoms with Crippen molar-refractivity contribution in [2.24, 2.45) is 5.92 Å². The molecule has 1 fully saturated rings. The number of rotatable bonds is 6. The SMILES string of the molecule is CC(C)Cn1c(CBr)nnc1CCC1CCCCO1. The monoisotopic (exact) mass is 329 g/mol. The highest BCUT2D eigenvalue weighted by atomic mass is 79.9. The van der Waals surface area contributed by atoms with E-state index in [0.717, 1.165) is 43.0 Å². The van der Waals surface area contributed by atoms with Gasteiger partial charge in [0.2, 0.25) is 0 Å². The fraction of sp³-hybridized carbons (Fsp3) is 0.857. The van der Waals surface area contributed by atoms with Crippen LogP contribution in [0.1, 0.15) is 51.2 Å². The molecule has 0 saturated carbocycles. The van der Waals surface area contributed by atoms with Crippen LogP contribution in [0.3, 0.4) is 0 Å². The quantitative estimate of drug-likeness (QED) is 0.751. The largest absolute Gasteiger partial charge is 0.378 e. The lowest BCUT2D eigenvalue weighted by molar-refractivity contribution is 0.0111. The molecule has 0 radical (unpaired) electrons. The van der Waals surface area contributed by atoms with Crippen LogP contribution >= 0.6 is 15.9 Å². The zero-order valence-corrected chi connectivity index (χ0v) is 13.5. The van der Waals surface area contributed by atoms with Crippen LogP contribution in [-0.2, 0) is 23.0 Å². The second-order valence-electron chi connectivity index (χ2n) is 5.70. The summed E-state index contributed by atoms with van der Waals surface area (Å²) in [6, 6.07) is 0. The molecule has 1 saturated heterocycles. The maximum atomic E-state index is 5.79. The Morgan fingerprint density at radius 1 is 1.32 bits per heavy atom. The van der Waals surface area contributed by atoms with E-state index in [1.54, 1.807) is 0 Å². The second-order valence-corrected chi connectivity index (χ2v) is 6.26. The molecule has 108 valence electrons. The Balaban J connectivity index is 1.96. The van der Waals surface area contributed by atoms with Gasteiger partial charge in [0.25, 0.3) is 0 Å². The molecule has 0 bridgehead atoms. The van der Waals surface area contributed by atoms with Crippen LogP contribution in [0.4, 0.5) is 0 Å². The van der Waals surface area contributed by atoms with E-state index < -0.39 is 0 Å². The third kappa shape index (κ3) is 4.28. The Hall–Kier alpha value is -0.420. The van der Waals surface area contributed by atoms with E-state index >= 15 is 0 Å². The maximum Gasteiger partial charge on any atom is 0.143 e. The van der Waals surface area contributed by atoms with Crippen LogP contribution < -0.4 is 0 Å². The first-order valence-corrected chi connectivity index (χ1v) is 8.41. The van der Waals surface area contributed by atoms with Crippen molar-refractivity contribution in [3.8, 4) is 0 Å². The summed E-state index contributed by atoms with van der Waals surface area (Å²) < 4.78 is 8.05. The first-order chi connectivity index (χ1) is 9.20. The number of ether oxygens (including phenoxy) is 1. The molecule has 2 rings (SSSR count). The van der Waals surface area contributed by atoms with Crippen molar-refractivity contribution in [2.75, 3.05) is 6.61 Å². The van der Waals surface area contributed by atoms with E-state index in [4.69, 9.17) is 4.74 Å². The number of alkyl halides is 1. The highest BCUT2D eigenvalue weighted by Gasteiger charge is 2.17. The molecular weight excluding hydrogens is 306 g/mol. The van der Waals surface area contributed by atoms with E-state index in [0.29, 0.717) is 12.0 Å². The van der Waals surface area contributed by atoms with Gasteiger partial charge in [-0.3, -0.25) is 0 Å².